The van der Waals surface area contributed by atoms with Gasteiger partial charge in [-0.05, 0) is 44.0 Å². The van der Waals surface area contributed by atoms with Crippen LogP contribution in [0.3, 0.4) is 0 Å². The Morgan fingerprint density at radius 2 is 2.06 bits per heavy atom. The smallest absolute Gasteiger partial charge is 0.125 e. The van der Waals surface area contributed by atoms with E-state index in [2.05, 4.69) is 17.1 Å². The molecule has 0 aromatic heterocycles. The summed E-state index contributed by atoms with van der Waals surface area (Å²) in [4.78, 5) is 2.45. The van der Waals surface area contributed by atoms with Crippen molar-refractivity contribution in [3.63, 3.8) is 0 Å². The Hall–Kier alpha value is -1.09. The highest BCUT2D eigenvalue weighted by Crippen LogP contribution is 2.20. The molecule has 3 heteroatoms. The summed E-state index contributed by atoms with van der Waals surface area (Å²) in [6.45, 7) is 7.63. The minimum atomic E-state index is -0.163. The lowest BCUT2D eigenvalue weighted by molar-refractivity contribution is 0.229. The van der Waals surface area contributed by atoms with Gasteiger partial charge < -0.3 is 10.2 Å². The number of anilines is 1. The zero-order valence-electron chi connectivity index (χ0n) is 10.7. The highest BCUT2D eigenvalue weighted by Gasteiger charge is 2.18. The molecule has 0 bridgehead atoms. The summed E-state index contributed by atoms with van der Waals surface area (Å²) in [5, 5.41) is 3.47. The Kier molecular flexibility index (Phi) is 4.00. The molecular weight excluding hydrogens is 215 g/mol. The lowest BCUT2D eigenvalue weighted by Crippen LogP contribution is -2.38. The predicted octanol–water partition coefficient (Wildman–Crippen LogP) is 3.03. The van der Waals surface area contributed by atoms with Crippen molar-refractivity contribution < 1.29 is 4.39 Å². The molecule has 2 nitrogen and oxygen atoms in total. The van der Waals surface area contributed by atoms with Gasteiger partial charge in [0.1, 0.15) is 5.82 Å². The van der Waals surface area contributed by atoms with Crippen LogP contribution in [0.2, 0.25) is 0 Å². The molecule has 1 aromatic rings. The maximum atomic E-state index is 13.2. The molecule has 0 amide bonds. The molecule has 1 N–H and O–H groups in total. The van der Waals surface area contributed by atoms with Gasteiger partial charge in [0.25, 0.3) is 0 Å². The highest BCUT2D eigenvalue weighted by atomic mass is 19.1. The quantitative estimate of drug-likeness (QED) is 0.867. The van der Waals surface area contributed by atoms with Crippen LogP contribution >= 0.6 is 0 Å². The van der Waals surface area contributed by atoms with E-state index in [0.717, 1.165) is 43.7 Å². The Morgan fingerprint density at radius 3 is 2.71 bits per heavy atom. The van der Waals surface area contributed by atoms with E-state index < -0.39 is 0 Å². The number of hydrogen-bond donors (Lipinski definition) is 1. The molecule has 1 aliphatic rings. The third-order valence-electron chi connectivity index (χ3n) is 3.59. The highest BCUT2D eigenvalue weighted by molar-refractivity contribution is 5.51. The number of hydrogen-bond acceptors (Lipinski definition) is 2. The van der Waals surface area contributed by atoms with Crippen molar-refractivity contribution in [2.45, 2.75) is 32.7 Å². The summed E-state index contributed by atoms with van der Waals surface area (Å²) < 4.78 is 13.2. The largest absolute Gasteiger partial charge is 0.382 e. The molecule has 0 radical (unpaired) electrons. The second-order valence-electron chi connectivity index (χ2n) is 4.81. The maximum absolute atomic E-state index is 13.2. The van der Waals surface area contributed by atoms with Crippen molar-refractivity contribution in [2.75, 3.05) is 25.0 Å². The van der Waals surface area contributed by atoms with Gasteiger partial charge in [0, 0.05) is 24.8 Å². The molecule has 1 saturated heterocycles. The first-order valence-electron chi connectivity index (χ1n) is 6.44. The third-order valence-corrected chi connectivity index (χ3v) is 3.59. The van der Waals surface area contributed by atoms with Crippen molar-refractivity contribution in [3.8, 4) is 0 Å². The average molecular weight is 236 g/mol. The predicted molar refractivity (Wildman–Crippen MR) is 69.9 cm³/mol. The minimum Gasteiger partial charge on any atom is -0.382 e. The second kappa shape index (κ2) is 5.50. The summed E-state index contributed by atoms with van der Waals surface area (Å²) in [6, 6.07) is 5.43. The van der Waals surface area contributed by atoms with E-state index in [1.807, 2.05) is 13.0 Å². The van der Waals surface area contributed by atoms with Crippen LogP contribution in [0.1, 0.15) is 25.3 Å². The summed E-state index contributed by atoms with van der Waals surface area (Å²) in [6.07, 6.45) is 2.29. The Bertz CT molecular complexity index is 370. The van der Waals surface area contributed by atoms with Crippen molar-refractivity contribution in [2.24, 2.45) is 0 Å². The summed E-state index contributed by atoms with van der Waals surface area (Å²) >= 11 is 0. The molecule has 1 heterocycles. The van der Waals surface area contributed by atoms with Gasteiger partial charge in [0.2, 0.25) is 0 Å². The first kappa shape index (κ1) is 12.4. The van der Waals surface area contributed by atoms with Crippen LogP contribution in [0.5, 0.6) is 0 Å². The monoisotopic (exact) mass is 236 g/mol. The fourth-order valence-electron chi connectivity index (χ4n) is 2.36. The van der Waals surface area contributed by atoms with E-state index in [4.69, 9.17) is 0 Å². The normalized spacial score (nSPS) is 18.3. The number of benzene rings is 1. The maximum Gasteiger partial charge on any atom is 0.125 e. The van der Waals surface area contributed by atoms with E-state index in [-0.39, 0.29) is 5.82 Å². The minimum absolute atomic E-state index is 0.163. The van der Waals surface area contributed by atoms with E-state index >= 15 is 0 Å². The van der Waals surface area contributed by atoms with Gasteiger partial charge in [0.05, 0.1) is 0 Å². The Balaban J connectivity index is 1.95. The fourth-order valence-corrected chi connectivity index (χ4v) is 2.36. The summed E-state index contributed by atoms with van der Waals surface area (Å²) in [5.74, 6) is -0.163. The van der Waals surface area contributed by atoms with Gasteiger partial charge in [-0.3, -0.25) is 0 Å². The van der Waals surface area contributed by atoms with Gasteiger partial charge in [-0.2, -0.15) is 0 Å². The van der Waals surface area contributed by atoms with Gasteiger partial charge >= 0.3 is 0 Å². The van der Waals surface area contributed by atoms with Gasteiger partial charge in [-0.15, -0.1) is 0 Å². The van der Waals surface area contributed by atoms with E-state index in [0.29, 0.717) is 6.04 Å². The number of likely N-dealkylation sites (tertiary alicyclic amines) is 1. The van der Waals surface area contributed by atoms with Crippen molar-refractivity contribution >= 4 is 5.69 Å². The Morgan fingerprint density at radius 1 is 1.35 bits per heavy atom. The first-order valence-corrected chi connectivity index (χ1v) is 6.44. The molecule has 0 saturated carbocycles. The van der Waals surface area contributed by atoms with Crippen molar-refractivity contribution in [1.29, 1.82) is 0 Å². The zero-order chi connectivity index (χ0) is 12.3. The first-order chi connectivity index (χ1) is 8.19. The van der Waals surface area contributed by atoms with Gasteiger partial charge in [-0.25, -0.2) is 4.39 Å². The molecule has 1 aromatic carbocycles. The zero-order valence-corrected chi connectivity index (χ0v) is 10.7. The number of nitrogens with zero attached hydrogens (tertiary/aromatic N) is 1. The molecule has 2 rings (SSSR count). The summed E-state index contributed by atoms with van der Waals surface area (Å²) in [5.41, 5.74) is 2.06. The molecule has 0 unspecified atom stereocenters. The molecule has 0 atom stereocenters. The van der Waals surface area contributed by atoms with E-state index in [1.165, 1.54) is 6.07 Å². The van der Waals surface area contributed by atoms with Crippen LogP contribution in [0.25, 0.3) is 0 Å². The molecule has 17 heavy (non-hydrogen) atoms. The van der Waals surface area contributed by atoms with Gasteiger partial charge in [-0.1, -0.05) is 13.0 Å². The van der Waals surface area contributed by atoms with Gasteiger partial charge in [0.15, 0.2) is 0 Å². The SMILES string of the molecule is CCN1CCC(Nc2cc(F)ccc2C)CC1. The molecule has 0 aliphatic carbocycles. The third kappa shape index (κ3) is 3.19. The van der Waals surface area contributed by atoms with Crippen LogP contribution in [0.4, 0.5) is 10.1 Å². The van der Waals surface area contributed by atoms with Crippen LogP contribution in [-0.4, -0.2) is 30.6 Å². The fraction of sp³-hybridized carbons (Fsp3) is 0.571. The lowest BCUT2D eigenvalue weighted by atomic mass is 10.0. The number of piperidine rings is 1. The number of aryl methyl sites for hydroxylation is 1. The lowest BCUT2D eigenvalue weighted by Gasteiger charge is -2.32. The van der Waals surface area contributed by atoms with Crippen LogP contribution in [0, 0.1) is 12.7 Å². The number of halogens is 1. The summed E-state index contributed by atoms with van der Waals surface area (Å²) in [7, 11) is 0. The second-order valence-corrected chi connectivity index (χ2v) is 4.81. The van der Waals surface area contributed by atoms with Crippen molar-refractivity contribution in [3.05, 3.63) is 29.6 Å². The number of rotatable bonds is 3. The molecule has 1 fully saturated rings. The van der Waals surface area contributed by atoms with E-state index in [1.54, 1.807) is 6.07 Å². The molecule has 0 spiro atoms. The molecular formula is C14H21FN2. The van der Waals surface area contributed by atoms with E-state index in [9.17, 15) is 4.39 Å². The van der Waals surface area contributed by atoms with Crippen LogP contribution in [0.15, 0.2) is 18.2 Å². The topological polar surface area (TPSA) is 15.3 Å². The van der Waals surface area contributed by atoms with Crippen molar-refractivity contribution in [1.82, 2.24) is 4.90 Å². The number of nitrogens with one attached hydrogen (secondary N) is 1. The van der Waals surface area contributed by atoms with Crippen LogP contribution < -0.4 is 5.32 Å². The average Bonchev–Trinajstić information content (AvgIpc) is 2.35. The van der Waals surface area contributed by atoms with Crippen LogP contribution in [-0.2, 0) is 0 Å². The molecule has 94 valence electrons. The standard InChI is InChI=1S/C14H21FN2/c1-3-17-8-6-13(7-9-17)16-14-10-12(15)5-4-11(14)2/h4-5,10,13,16H,3,6-9H2,1-2H3. The molecule has 1 aliphatic heterocycles. The Labute approximate surface area is 103 Å².